The Kier molecular flexibility index (Phi) is 5.16. The number of benzene rings is 1. The Morgan fingerprint density at radius 2 is 2.03 bits per heavy atom. The Balaban J connectivity index is 1.26. The number of aromatic amines is 1. The molecule has 0 radical (unpaired) electrons. The van der Waals surface area contributed by atoms with Gasteiger partial charge in [-0.3, -0.25) is 4.79 Å². The molecule has 5 rings (SSSR count). The summed E-state index contributed by atoms with van der Waals surface area (Å²) >= 11 is 0. The number of nitrogens with zero attached hydrogens (tertiary/aromatic N) is 3. The van der Waals surface area contributed by atoms with Gasteiger partial charge in [-0.05, 0) is 54.2 Å². The van der Waals surface area contributed by atoms with E-state index in [0.29, 0.717) is 35.6 Å². The van der Waals surface area contributed by atoms with Crippen molar-refractivity contribution in [3.63, 3.8) is 0 Å². The van der Waals surface area contributed by atoms with Gasteiger partial charge in [0, 0.05) is 32.7 Å². The van der Waals surface area contributed by atoms with E-state index in [4.69, 9.17) is 0 Å². The molecule has 1 aromatic heterocycles. The summed E-state index contributed by atoms with van der Waals surface area (Å²) in [5.74, 6) is 2.06. The molecule has 2 saturated carbocycles. The summed E-state index contributed by atoms with van der Waals surface area (Å²) in [7, 11) is 0. The third-order valence-electron chi connectivity index (χ3n) is 6.61. The van der Waals surface area contributed by atoms with Crippen LogP contribution >= 0.6 is 0 Å². The Bertz CT molecular complexity index is 917. The summed E-state index contributed by atoms with van der Waals surface area (Å²) in [5, 5.41) is 0. The number of H-pyrrole nitrogens is 1. The fourth-order valence-corrected chi connectivity index (χ4v) is 4.90. The molecule has 2 heterocycles. The van der Waals surface area contributed by atoms with E-state index in [1.807, 2.05) is 0 Å². The molecule has 1 amide bonds. The molecule has 1 aliphatic heterocycles. The number of likely N-dealkylation sites (tertiary alicyclic amines) is 1. The van der Waals surface area contributed by atoms with E-state index in [0.717, 1.165) is 19.0 Å². The average molecular weight is 434 g/mol. The number of imidazole rings is 1. The van der Waals surface area contributed by atoms with Crippen molar-refractivity contribution in [3.8, 4) is 5.75 Å². The maximum atomic E-state index is 13.1. The highest BCUT2D eigenvalue weighted by Gasteiger charge is 2.56. The number of hydrogen-bond donors (Lipinski definition) is 1. The fraction of sp³-hybridized carbons (Fsp3) is 0.545. The topological polar surface area (TPSA) is 61.5 Å². The van der Waals surface area contributed by atoms with Crippen LogP contribution in [0.3, 0.4) is 0 Å². The first-order valence-electron chi connectivity index (χ1n) is 10.7. The molecule has 6 nitrogen and oxygen atoms in total. The lowest BCUT2D eigenvalue weighted by Crippen LogP contribution is -2.35. The van der Waals surface area contributed by atoms with E-state index < -0.39 is 6.36 Å². The molecule has 9 heteroatoms. The van der Waals surface area contributed by atoms with Gasteiger partial charge in [0.25, 0.3) is 5.91 Å². The molecular weight excluding hydrogens is 409 g/mol. The Morgan fingerprint density at radius 3 is 2.68 bits per heavy atom. The highest BCUT2D eigenvalue weighted by atomic mass is 19.4. The maximum Gasteiger partial charge on any atom is 0.573 e. The predicted molar refractivity (Wildman–Crippen MR) is 106 cm³/mol. The first-order chi connectivity index (χ1) is 14.9. The summed E-state index contributed by atoms with van der Waals surface area (Å²) in [6.45, 7) is 4.19. The smallest absolute Gasteiger partial charge is 0.406 e. The standard InChI is InChI=1S/C22H25F3N4O2/c23-22(24,25)31-16-3-1-2-15(6-16)9-29(21(30)20-7-26-13-27-20)12-19-17-10-28(11-18(17)19)8-14-4-5-14/h1-3,6-7,13-14,17-19H,4-5,8-12H2,(H,26,27). The van der Waals surface area contributed by atoms with E-state index in [-0.39, 0.29) is 18.2 Å². The van der Waals surface area contributed by atoms with Crippen LogP contribution in [0, 0.1) is 23.7 Å². The lowest BCUT2D eigenvalue weighted by Gasteiger charge is -2.25. The summed E-state index contributed by atoms with van der Waals surface area (Å²) in [5.41, 5.74) is 0.972. The third-order valence-corrected chi connectivity index (χ3v) is 6.61. The molecule has 166 valence electrons. The van der Waals surface area contributed by atoms with Crippen LogP contribution in [0.5, 0.6) is 5.75 Å². The third kappa shape index (κ3) is 4.87. The number of aromatic nitrogens is 2. The van der Waals surface area contributed by atoms with Gasteiger partial charge in [-0.15, -0.1) is 13.2 Å². The second-order valence-electron chi connectivity index (χ2n) is 9.00. The largest absolute Gasteiger partial charge is 0.573 e. The number of amides is 1. The molecule has 31 heavy (non-hydrogen) atoms. The monoisotopic (exact) mass is 434 g/mol. The van der Waals surface area contributed by atoms with Crippen molar-refractivity contribution in [2.75, 3.05) is 26.2 Å². The molecule has 2 aromatic rings. The number of fused-ring (bicyclic) bond motifs is 1. The van der Waals surface area contributed by atoms with Gasteiger partial charge in [-0.1, -0.05) is 12.1 Å². The molecule has 0 bridgehead atoms. The van der Waals surface area contributed by atoms with Crippen LogP contribution < -0.4 is 4.74 Å². The van der Waals surface area contributed by atoms with Crippen LogP contribution in [0.4, 0.5) is 13.2 Å². The molecular formula is C22H25F3N4O2. The van der Waals surface area contributed by atoms with Crippen molar-refractivity contribution in [2.24, 2.45) is 23.7 Å². The summed E-state index contributed by atoms with van der Waals surface area (Å²) in [6, 6.07) is 5.82. The van der Waals surface area contributed by atoms with Gasteiger partial charge in [0.2, 0.25) is 0 Å². The lowest BCUT2D eigenvalue weighted by atomic mass is 10.1. The van der Waals surface area contributed by atoms with Crippen molar-refractivity contribution in [1.82, 2.24) is 19.8 Å². The van der Waals surface area contributed by atoms with Crippen molar-refractivity contribution < 1.29 is 22.7 Å². The number of halogens is 3. The number of hydrogen-bond acceptors (Lipinski definition) is 4. The van der Waals surface area contributed by atoms with Crippen molar-refractivity contribution in [3.05, 3.63) is 48.0 Å². The predicted octanol–water partition coefficient (Wildman–Crippen LogP) is 3.54. The number of ether oxygens (including phenoxy) is 1. The minimum atomic E-state index is -4.75. The first-order valence-corrected chi connectivity index (χ1v) is 10.7. The highest BCUT2D eigenvalue weighted by Crippen LogP contribution is 2.52. The van der Waals surface area contributed by atoms with Gasteiger partial charge in [-0.25, -0.2) is 4.98 Å². The molecule has 3 aliphatic rings. The number of piperidine rings is 1. The second-order valence-corrected chi connectivity index (χ2v) is 9.00. The zero-order chi connectivity index (χ0) is 21.6. The molecule has 2 aliphatic carbocycles. The Morgan fingerprint density at radius 1 is 1.26 bits per heavy atom. The molecule has 1 N–H and O–H groups in total. The van der Waals surface area contributed by atoms with Crippen molar-refractivity contribution in [1.29, 1.82) is 0 Å². The quantitative estimate of drug-likeness (QED) is 0.691. The fourth-order valence-electron chi connectivity index (χ4n) is 4.90. The molecule has 1 aromatic carbocycles. The number of rotatable bonds is 8. The zero-order valence-corrected chi connectivity index (χ0v) is 17.0. The summed E-state index contributed by atoms with van der Waals surface area (Å²) in [4.78, 5) is 24.1. The number of nitrogens with one attached hydrogen (secondary N) is 1. The second kappa shape index (κ2) is 7.85. The van der Waals surface area contributed by atoms with E-state index in [2.05, 4.69) is 19.6 Å². The van der Waals surface area contributed by atoms with Crippen LogP contribution in [-0.2, 0) is 6.54 Å². The van der Waals surface area contributed by atoms with Gasteiger partial charge in [0.15, 0.2) is 0 Å². The number of alkyl halides is 3. The van der Waals surface area contributed by atoms with E-state index in [1.165, 1.54) is 50.1 Å². The van der Waals surface area contributed by atoms with Crippen LogP contribution in [0.2, 0.25) is 0 Å². The Labute approximate surface area is 178 Å². The number of carbonyl (C=O) groups is 1. The lowest BCUT2D eigenvalue weighted by molar-refractivity contribution is -0.274. The van der Waals surface area contributed by atoms with E-state index in [9.17, 15) is 18.0 Å². The van der Waals surface area contributed by atoms with E-state index in [1.54, 1.807) is 11.0 Å². The summed E-state index contributed by atoms with van der Waals surface area (Å²) in [6.07, 6.45) is 0.869. The van der Waals surface area contributed by atoms with Crippen LogP contribution in [0.15, 0.2) is 36.8 Å². The minimum absolute atomic E-state index is 0.195. The number of carbonyl (C=O) groups excluding carboxylic acids is 1. The molecule has 3 fully saturated rings. The van der Waals surface area contributed by atoms with Gasteiger partial charge in [0.05, 0.1) is 12.5 Å². The van der Waals surface area contributed by atoms with Crippen molar-refractivity contribution >= 4 is 5.91 Å². The minimum Gasteiger partial charge on any atom is -0.406 e. The van der Waals surface area contributed by atoms with Gasteiger partial charge in [0.1, 0.15) is 11.4 Å². The highest BCUT2D eigenvalue weighted by molar-refractivity contribution is 5.92. The average Bonchev–Trinajstić information content (AvgIpc) is 3.47. The normalized spacial score (nSPS) is 25.3. The maximum absolute atomic E-state index is 13.1. The van der Waals surface area contributed by atoms with Gasteiger partial charge < -0.3 is 19.5 Å². The zero-order valence-electron chi connectivity index (χ0n) is 17.0. The van der Waals surface area contributed by atoms with Crippen LogP contribution in [0.25, 0.3) is 0 Å². The van der Waals surface area contributed by atoms with Crippen LogP contribution in [-0.4, -0.2) is 58.2 Å². The SMILES string of the molecule is O=C(c1cnc[nH]1)N(Cc1cccc(OC(F)(F)F)c1)CC1C2CN(CC3CC3)CC21. The summed E-state index contributed by atoms with van der Waals surface area (Å²) < 4.78 is 41.8. The van der Waals surface area contributed by atoms with E-state index >= 15 is 0 Å². The first kappa shape index (κ1) is 20.4. The molecule has 2 atom stereocenters. The van der Waals surface area contributed by atoms with Crippen LogP contribution in [0.1, 0.15) is 28.9 Å². The Hall–Kier alpha value is -2.55. The molecule has 1 saturated heterocycles. The van der Waals surface area contributed by atoms with Crippen molar-refractivity contribution in [2.45, 2.75) is 25.7 Å². The van der Waals surface area contributed by atoms with Gasteiger partial charge in [-0.2, -0.15) is 0 Å². The van der Waals surface area contributed by atoms with Gasteiger partial charge >= 0.3 is 6.36 Å². The molecule has 2 unspecified atom stereocenters. The molecule has 0 spiro atoms.